The van der Waals surface area contributed by atoms with Crippen LogP contribution in [0.2, 0.25) is 0 Å². The topological polar surface area (TPSA) is 65.1 Å². The van der Waals surface area contributed by atoms with E-state index in [0.29, 0.717) is 12.0 Å². The highest BCUT2D eigenvalue weighted by molar-refractivity contribution is 5.98. The molecule has 0 spiro atoms. The fourth-order valence-corrected chi connectivity index (χ4v) is 2.07. The average Bonchev–Trinajstić information content (AvgIpc) is 2.74. The molecule has 0 bridgehead atoms. The summed E-state index contributed by atoms with van der Waals surface area (Å²) in [5.74, 6) is -0.111. The number of aromatic amines is 1. The maximum Gasteiger partial charge on any atom is 0.251 e. The smallest absolute Gasteiger partial charge is 0.251 e. The van der Waals surface area contributed by atoms with Gasteiger partial charge in [0, 0.05) is 23.3 Å². The van der Waals surface area contributed by atoms with Gasteiger partial charge < -0.3 is 15.4 Å². The molecule has 2 aromatic rings. The number of nitrogens with one attached hydrogen (secondary N) is 2. The maximum atomic E-state index is 12.0. The molecule has 1 aromatic heterocycles. The summed E-state index contributed by atoms with van der Waals surface area (Å²) >= 11 is 0. The molecule has 1 amide bonds. The van der Waals surface area contributed by atoms with Gasteiger partial charge in [0.1, 0.15) is 0 Å². The number of rotatable bonds is 4. The number of fused-ring (bicyclic) bond motifs is 1. The van der Waals surface area contributed by atoms with Gasteiger partial charge in [0.2, 0.25) is 0 Å². The van der Waals surface area contributed by atoms with Crippen LogP contribution in [0.25, 0.3) is 10.9 Å². The van der Waals surface area contributed by atoms with Crippen LogP contribution in [0.5, 0.6) is 0 Å². The summed E-state index contributed by atoms with van der Waals surface area (Å²) in [7, 11) is 0. The number of amides is 1. The molecular formula is C14H18N2O2. The number of hydrogen-bond donors (Lipinski definition) is 3. The first-order valence-electron chi connectivity index (χ1n) is 6.12. The van der Waals surface area contributed by atoms with E-state index in [1.165, 1.54) is 0 Å². The Morgan fingerprint density at radius 3 is 2.89 bits per heavy atom. The Morgan fingerprint density at radius 2 is 2.17 bits per heavy atom. The van der Waals surface area contributed by atoms with Gasteiger partial charge in [0.25, 0.3) is 5.91 Å². The lowest BCUT2D eigenvalue weighted by atomic mass is 10.1. The number of hydrogen-bond acceptors (Lipinski definition) is 2. The van der Waals surface area contributed by atoms with E-state index >= 15 is 0 Å². The summed E-state index contributed by atoms with van der Waals surface area (Å²) in [6, 6.07) is 7.48. The number of aromatic nitrogens is 1. The fourth-order valence-electron chi connectivity index (χ4n) is 2.07. The molecule has 3 N–H and O–H groups in total. The molecule has 0 aliphatic carbocycles. The van der Waals surface area contributed by atoms with Gasteiger partial charge in [-0.25, -0.2) is 0 Å². The van der Waals surface area contributed by atoms with Crippen molar-refractivity contribution in [2.45, 2.75) is 32.4 Å². The van der Waals surface area contributed by atoms with E-state index in [2.05, 4.69) is 10.3 Å². The molecule has 2 unspecified atom stereocenters. The van der Waals surface area contributed by atoms with Crippen LogP contribution in [0.1, 0.15) is 30.6 Å². The van der Waals surface area contributed by atoms with E-state index in [4.69, 9.17) is 0 Å². The van der Waals surface area contributed by atoms with Crippen LogP contribution in [0.15, 0.2) is 30.5 Å². The molecule has 96 valence electrons. The van der Waals surface area contributed by atoms with Crippen molar-refractivity contribution < 1.29 is 9.90 Å². The third kappa shape index (κ3) is 2.90. The highest BCUT2D eigenvalue weighted by atomic mass is 16.3. The van der Waals surface area contributed by atoms with E-state index in [9.17, 15) is 9.90 Å². The molecule has 0 saturated carbocycles. The number of aliphatic hydroxyl groups excluding tert-OH is 1. The predicted molar refractivity (Wildman–Crippen MR) is 71.5 cm³/mol. The van der Waals surface area contributed by atoms with Gasteiger partial charge in [0.15, 0.2) is 0 Å². The average molecular weight is 246 g/mol. The van der Waals surface area contributed by atoms with Crippen LogP contribution in [0.3, 0.4) is 0 Å². The summed E-state index contributed by atoms with van der Waals surface area (Å²) in [6.07, 6.45) is 1.99. The van der Waals surface area contributed by atoms with Crippen molar-refractivity contribution in [2.75, 3.05) is 0 Å². The molecule has 0 fully saturated rings. The first kappa shape index (κ1) is 12.6. The third-order valence-corrected chi connectivity index (χ3v) is 2.89. The molecule has 0 aliphatic rings. The molecule has 0 saturated heterocycles. The minimum Gasteiger partial charge on any atom is -0.393 e. The normalized spacial score (nSPS) is 14.4. The molecular weight excluding hydrogens is 228 g/mol. The van der Waals surface area contributed by atoms with Gasteiger partial charge in [-0.05, 0) is 43.9 Å². The monoisotopic (exact) mass is 246 g/mol. The summed E-state index contributed by atoms with van der Waals surface area (Å²) in [5, 5.41) is 13.2. The predicted octanol–water partition coefficient (Wildman–Crippen LogP) is 2.06. The molecule has 2 atom stereocenters. The quantitative estimate of drug-likeness (QED) is 0.773. The summed E-state index contributed by atoms with van der Waals surface area (Å²) in [6.45, 7) is 3.60. The first-order valence-corrected chi connectivity index (χ1v) is 6.12. The molecule has 18 heavy (non-hydrogen) atoms. The zero-order valence-electron chi connectivity index (χ0n) is 10.6. The largest absolute Gasteiger partial charge is 0.393 e. The van der Waals surface area contributed by atoms with Crippen LogP contribution in [-0.2, 0) is 0 Å². The zero-order chi connectivity index (χ0) is 13.1. The molecule has 2 rings (SSSR count). The summed E-state index contributed by atoms with van der Waals surface area (Å²) in [5.41, 5.74) is 1.58. The SMILES string of the molecule is CC(O)CC(C)NC(=O)c1ccc2cc[nH]c2c1. The number of carbonyl (C=O) groups is 1. The lowest BCUT2D eigenvalue weighted by Gasteiger charge is -2.15. The number of aliphatic hydroxyl groups is 1. The van der Waals surface area contributed by atoms with Crippen molar-refractivity contribution in [2.24, 2.45) is 0 Å². The van der Waals surface area contributed by atoms with Crippen molar-refractivity contribution in [1.82, 2.24) is 10.3 Å². The molecule has 0 radical (unpaired) electrons. The van der Waals surface area contributed by atoms with E-state index in [-0.39, 0.29) is 11.9 Å². The van der Waals surface area contributed by atoms with Crippen LogP contribution < -0.4 is 5.32 Å². The van der Waals surface area contributed by atoms with Crippen molar-refractivity contribution in [3.05, 3.63) is 36.0 Å². The highest BCUT2D eigenvalue weighted by Crippen LogP contribution is 2.14. The number of benzene rings is 1. The molecule has 4 nitrogen and oxygen atoms in total. The van der Waals surface area contributed by atoms with Gasteiger partial charge in [0.05, 0.1) is 6.10 Å². The van der Waals surface area contributed by atoms with E-state index in [0.717, 1.165) is 10.9 Å². The Kier molecular flexibility index (Phi) is 3.67. The van der Waals surface area contributed by atoms with Gasteiger partial charge in [-0.3, -0.25) is 4.79 Å². The van der Waals surface area contributed by atoms with Crippen molar-refractivity contribution in [1.29, 1.82) is 0 Å². The molecule has 4 heteroatoms. The van der Waals surface area contributed by atoms with Gasteiger partial charge >= 0.3 is 0 Å². The lowest BCUT2D eigenvalue weighted by Crippen LogP contribution is -2.34. The van der Waals surface area contributed by atoms with E-state index < -0.39 is 6.10 Å². The summed E-state index contributed by atoms with van der Waals surface area (Å²) in [4.78, 5) is 15.1. The fraction of sp³-hybridized carbons (Fsp3) is 0.357. The van der Waals surface area contributed by atoms with Crippen LogP contribution in [0, 0.1) is 0 Å². The second-order valence-corrected chi connectivity index (χ2v) is 4.74. The van der Waals surface area contributed by atoms with Gasteiger partial charge in [-0.2, -0.15) is 0 Å². The Labute approximate surface area is 106 Å². The van der Waals surface area contributed by atoms with E-state index in [1.807, 2.05) is 31.3 Å². The van der Waals surface area contributed by atoms with Crippen molar-refractivity contribution in [3.8, 4) is 0 Å². The molecule has 0 aliphatic heterocycles. The maximum absolute atomic E-state index is 12.0. The van der Waals surface area contributed by atoms with Crippen LogP contribution in [-0.4, -0.2) is 28.1 Å². The third-order valence-electron chi connectivity index (χ3n) is 2.89. The minimum absolute atomic E-state index is 0.0446. The standard InChI is InChI=1S/C14H18N2O2/c1-9(7-10(2)17)16-14(18)12-4-3-11-5-6-15-13(11)8-12/h3-6,8-10,15,17H,7H2,1-2H3,(H,16,18). The highest BCUT2D eigenvalue weighted by Gasteiger charge is 2.12. The Hall–Kier alpha value is -1.81. The Bertz CT molecular complexity index is 545. The number of carbonyl (C=O) groups excluding carboxylic acids is 1. The van der Waals surface area contributed by atoms with E-state index in [1.54, 1.807) is 13.0 Å². The zero-order valence-corrected chi connectivity index (χ0v) is 10.6. The first-order chi connectivity index (χ1) is 8.56. The van der Waals surface area contributed by atoms with Crippen LogP contribution >= 0.6 is 0 Å². The Balaban J connectivity index is 2.08. The second-order valence-electron chi connectivity index (χ2n) is 4.74. The van der Waals surface area contributed by atoms with Crippen molar-refractivity contribution >= 4 is 16.8 Å². The van der Waals surface area contributed by atoms with Crippen LogP contribution in [0.4, 0.5) is 0 Å². The molecule has 1 aromatic carbocycles. The second kappa shape index (κ2) is 5.23. The van der Waals surface area contributed by atoms with Crippen molar-refractivity contribution in [3.63, 3.8) is 0 Å². The van der Waals surface area contributed by atoms with Gasteiger partial charge in [-0.15, -0.1) is 0 Å². The molecule has 1 heterocycles. The Morgan fingerprint density at radius 1 is 1.39 bits per heavy atom. The minimum atomic E-state index is -0.411. The number of H-pyrrole nitrogens is 1. The van der Waals surface area contributed by atoms with Gasteiger partial charge in [-0.1, -0.05) is 6.07 Å². The lowest BCUT2D eigenvalue weighted by molar-refractivity contribution is 0.0923. The summed E-state index contributed by atoms with van der Waals surface area (Å²) < 4.78 is 0.